The predicted octanol–water partition coefficient (Wildman–Crippen LogP) is 4.83. The van der Waals surface area contributed by atoms with Crippen LogP contribution in [0.4, 0.5) is 0 Å². The van der Waals surface area contributed by atoms with E-state index in [2.05, 4.69) is 38.9 Å². The van der Waals surface area contributed by atoms with E-state index in [0.717, 1.165) is 41.0 Å². The summed E-state index contributed by atoms with van der Waals surface area (Å²) in [6, 6.07) is 5.58. The molecule has 0 saturated carbocycles. The number of aromatic nitrogens is 3. The van der Waals surface area contributed by atoms with Gasteiger partial charge >= 0.3 is 5.97 Å². The maximum atomic E-state index is 12.8. The molecule has 3 heterocycles. The first-order valence-electron chi connectivity index (χ1n) is 12.3. The summed E-state index contributed by atoms with van der Waals surface area (Å²) in [4.78, 5) is 24.7. The number of nitrogens with zero attached hydrogens (tertiary/aromatic N) is 3. The van der Waals surface area contributed by atoms with Crippen LogP contribution in [0.5, 0.6) is 5.75 Å². The van der Waals surface area contributed by atoms with Crippen molar-refractivity contribution in [2.75, 3.05) is 20.3 Å². The first-order valence-corrected chi connectivity index (χ1v) is 12.3. The fraction of sp³-hybridized carbons (Fsp3) is 0.464. The summed E-state index contributed by atoms with van der Waals surface area (Å²) in [5.41, 5.74) is 3.03. The molecule has 8 nitrogen and oxygen atoms in total. The molecule has 0 fully saturated rings. The highest BCUT2D eigenvalue weighted by Crippen LogP contribution is 2.49. The van der Waals surface area contributed by atoms with Crippen LogP contribution in [-0.4, -0.2) is 45.7 Å². The van der Waals surface area contributed by atoms with Crippen LogP contribution in [0.2, 0.25) is 0 Å². The number of carboxylic acids is 1. The molecule has 1 atom stereocenters. The summed E-state index contributed by atoms with van der Waals surface area (Å²) in [5.74, 6) is -0.459. The number of aromatic carboxylic acids is 1. The molecule has 0 saturated heterocycles. The van der Waals surface area contributed by atoms with Crippen LogP contribution in [-0.2, 0) is 23.2 Å². The zero-order valence-electron chi connectivity index (χ0n) is 21.9. The monoisotopic (exact) mass is 493 g/mol. The Morgan fingerprint density at radius 3 is 2.53 bits per heavy atom. The number of benzene rings is 1. The van der Waals surface area contributed by atoms with Gasteiger partial charge in [-0.1, -0.05) is 20.8 Å². The van der Waals surface area contributed by atoms with E-state index in [0.29, 0.717) is 25.3 Å². The lowest BCUT2D eigenvalue weighted by Gasteiger charge is -2.48. The molecule has 4 rings (SSSR count). The zero-order chi connectivity index (χ0) is 26.3. The molecule has 192 valence electrons. The average molecular weight is 494 g/mol. The number of hydrogen-bond acceptors (Lipinski definition) is 5. The van der Waals surface area contributed by atoms with Crippen LogP contribution in [0.25, 0.3) is 22.4 Å². The quantitative estimate of drug-likeness (QED) is 0.452. The van der Waals surface area contributed by atoms with Crippen LogP contribution in [0.15, 0.2) is 41.6 Å². The van der Waals surface area contributed by atoms with Gasteiger partial charge in [0.25, 0.3) is 0 Å². The number of aryl methyl sites for hydroxylation is 1. The Balaban J connectivity index is 1.96. The number of rotatable bonds is 8. The normalized spacial score (nSPS) is 16.9. The van der Waals surface area contributed by atoms with Gasteiger partial charge in [0.1, 0.15) is 11.3 Å². The molecule has 1 aliphatic rings. The highest BCUT2D eigenvalue weighted by atomic mass is 16.5. The second-order valence-electron chi connectivity index (χ2n) is 10.6. The Hall–Kier alpha value is -3.39. The average Bonchev–Trinajstić information content (AvgIpc) is 3.29. The summed E-state index contributed by atoms with van der Waals surface area (Å²) in [5, 5.41) is 14.1. The van der Waals surface area contributed by atoms with E-state index < -0.39 is 16.9 Å². The second-order valence-corrected chi connectivity index (χ2v) is 10.6. The number of hydrogen-bond donors (Lipinski definition) is 1. The molecule has 0 spiro atoms. The molecule has 0 amide bonds. The molecule has 36 heavy (non-hydrogen) atoms. The molecular weight excluding hydrogens is 458 g/mol. The standard InChI is InChI=1S/C28H35N3O5/c1-7-30-16-19(15-29-30)21-12-20-18(11-25(21)36-10-8-9-35-6)14-28(5,27(2,3)4)31-17-22(26(33)34)24(32)13-23(20)31/h11-13,15-17H,7-10,14H2,1-6H3,(H,33,34). The number of pyridine rings is 1. The molecule has 1 aromatic carbocycles. The van der Waals surface area contributed by atoms with E-state index in [1.807, 2.05) is 34.6 Å². The third-order valence-corrected chi connectivity index (χ3v) is 7.46. The Bertz CT molecular complexity index is 1350. The van der Waals surface area contributed by atoms with Gasteiger partial charge in [-0.05, 0) is 43.4 Å². The fourth-order valence-corrected chi connectivity index (χ4v) is 4.81. The van der Waals surface area contributed by atoms with Crippen molar-refractivity contribution in [2.24, 2.45) is 5.41 Å². The molecule has 1 N–H and O–H groups in total. The van der Waals surface area contributed by atoms with Crippen LogP contribution >= 0.6 is 0 Å². The predicted molar refractivity (Wildman–Crippen MR) is 139 cm³/mol. The fourth-order valence-electron chi connectivity index (χ4n) is 4.81. The molecule has 1 unspecified atom stereocenters. The van der Waals surface area contributed by atoms with Gasteiger partial charge in [-0.3, -0.25) is 9.48 Å². The topological polar surface area (TPSA) is 95.6 Å². The number of carboxylic acid groups (broad SMARTS) is 1. The molecule has 0 radical (unpaired) electrons. The number of methoxy groups -OCH3 is 1. The minimum Gasteiger partial charge on any atom is -0.493 e. The maximum absolute atomic E-state index is 12.8. The van der Waals surface area contributed by atoms with Crippen molar-refractivity contribution in [3.63, 3.8) is 0 Å². The van der Waals surface area contributed by atoms with Gasteiger partial charge in [-0.25, -0.2) is 4.79 Å². The molecule has 0 bridgehead atoms. The highest BCUT2D eigenvalue weighted by Gasteiger charge is 2.44. The number of fused-ring (bicyclic) bond motifs is 3. The summed E-state index contributed by atoms with van der Waals surface area (Å²) in [6.07, 6.45) is 6.72. The van der Waals surface area contributed by atoms with Crippen molar-refractivity contribution in [1.29, 1.82) is 0 Å². The van der Waals surface area contributed by atoms with Gasteiger partial charge < -0.3 is 19.1 Å². The molecule has 3 aromatic rings. The van der Waals surface area contributed by atoms with E-state index in [9.17, 15) is 14.7 Å². The van der Waals surface area contributed by atoms with E-state index >= 15 is 0 Å². The van der Waals surface area contributed by atoms with Crippen molar-refractivity contribution in [1.82, 2.24) is 14.3 Å². The largest absolute Gasteiger partial charge is 0.493 e. The Morgan fingerprint density at radius 2 is 1.92 bits per heavy atom. The molecule has 1 aliphatic heterocycles. The van der Waals surface area contributed by atoms with Gasteiger partial charge in [0, 0.05) is 61.8 Å². The van der Waals surface area contributed by atoms with Gasteiger partial charge in [-0.2, -0.15) is 5.10 Å². The smallest absolute Gasteiger partial charge is 0.341 e. The van der Waals surface area contributed by atoms with Crippen molar-refractivity contribution < 1.29 is 19.4 Å². The van der Waals surface area contributed by atoms with Crippen molar-refractivity contribution in [3.05, 3.63) is 58.1 Å². The van der Waals surface area contributed by atoms with E-state index in [1.165, 1.54) is 12.3 Å². The third-order valence-electron chi connectivity index (χ3n) is 7.46. The summed E-state index contributed by atoms with van der Waals surface area (Å²) in [6.45, 7) is 12.4. The number of ether oxygens (including phenoxy) is 2. The SMILES string of the molecule is CCn1cc(-c2cc3c(cc2OCCCOC)CC(C)(C(C)(C)C)n2cc(C(=O)O)c(=O)cc2-3)cn1. The molecular formula is C28H35N3O5. The second kappa shape index (κ2) is 9.58. The van der Waals surface area contributed by atoms with Crippen LogP contribution in [0.3, 0.4) is 0 Å². The minimum absolute atomic E-state index is 0.222. The lowest BCUT2D eigenvalue weighted by molar-refractivity contribution is 0.0689. The van der Waals surface area contributed by atoms with Gasteiger partial charge in [0.05, 0.1) is 24.0 Å². The molecule has 8 heteroatoms. The Kier molecular flexibility index (Phi) is 6.84. The van der Waals surface area contributed by atoms with E-state index in [4.69, 9.17) is 9.47 Å². The van der Waals surface area contributed by atoms with Crippen LogP contribution in [0.1, 0.15) is 57.0 Å². The third kappa shape index (κ3) is 4.46. The first kappa shape index (κ1) is 25.7. The molecule has 2 aromatic heterocycles. The first-order chi connectivity index (χ1) is 17.0. The Morgan fingerprint density at radius 1 is 1.17 bits per heavy atom. The maximum Gasteiger partial charge on any atom is 0.341 e. The van der Waals surface area contributed by atoms with Gasteiger partial charge in [-0.15, -0.1) is 0 Å². The van der Waals surface area contributed by atoms with Gasteiger partial charge in [0.15, 0.2) is 5.43 Å². The van der Waals surface area contributed by atoms with Crippen molar-refractivity contribution >= 4 is 5.97 Å². The van der Waals surface area contributed by atoms with E-state index in [-0.39, 0.29) is 11.0 Å². The van der Waals surface area contributed by atoms with Crippen molar-refractivity contribution in [2.45, 2.75) is 59.5 Å². The lowest BCUT2D eigenvalue weighted by Crippen LogP contribution is -2.48. The minimum atomic E-state index is -1.22. The van der Waals surface area contributed by atoms with Crippen LogP contribution in [0, 0.1) is 5.41 Å². The summed E-state index contributed by atoms with van der Waals surface area (Å²) < 4.78 is 15.3. The zero-order valence-corrected chi connectivity index (χ0v) is 21.9. The van der Waals surface area contributed by atoms with E-state index in [1.54, 1.807) is 7.11 Å². The van der Waals surface area contributed by atoms with Crippen molar-refractivity contribution in [3.8, 4) is 28.1 Å². The Labute approximate surface area is 211 Å². The lowest BCUT2D eigenvalue weighted by atomic mass is 9.68. The molecule has 0 aliphatic carbocycles. The highest BCUT2D eigenvalue weighted by molar-refractivity contribution is 5.88. The summed E-state index contributed by atoms with van der Waals surface area (Å²) in [7, 11) is 1.67. The number of carbonyl (C=O) groups is 1. The van der Waals surface area contributed by atoms with Crippen LogP contribution < -0.4 is 10.2 Å². The van der Waals surface area contributed by atoms with Gasteiger partial charge in [0.2, 0.25) is 0 Å². The summed E-state index contributed by atoms with van der Waals surface area (Å²) >= 11 is 0.